The highest BCUT2D eigenvalue weighted by Crippen LogP contribution is 2.28. The van der Waals surface area contributed by atoms with Gasteiger partial charge in [0.25, 0.3) is 0 Å². The van der Waals surface area contributed by atoms with Crippen LogP contribution in [0.1, 0.15) is 16.7 Å². The normalized spacial score (nSPS) is 15.6. The first-order valence-corrected chi connectivity index (χ1v) is 14.0. The number of amides is 3. The highest BCUT2D eigenvalue weighted by atomic mass is 16.5. The van der Waals surface area contributed by atoms with E-state index in [0.29, 0.717) is 17.9 Å². The Morgan fingerprint density at radius 1 is 0.953 bits per heavy atom. The van der Waals surface area contributed by atoms with E-state index in [1.165, 1.54) is 12.0 Å². The quantitative estimate of drug-likeness (QED) is 0.220. The second-order valence-corrected chi connectivity index (χ2v) is 10.5. The van der Waals surface area contributed by atoms with Gasteiger partial charge >= 0.3 is 0 Å². The molecule has 3 N–H and O–H groups in total. The average Bonchev–Trinajstić information content (AvgIpc) is 3.44. The first kappa shape index (κ1) is 29.4. The maximum absolute atomic E-state index is 13.8. The topological polar surface area (TPSA) is 130 Å². The van der Waals surface area contributed by atoms with Crippen LogP contribution in [0.2, 0.25) is 0 Å². The zero-order valence-electron chi connectivity index (χ0n) is 24.1. The number of benzene rings is 3. The van der Waals surface area contributed by atoms with E-state index >= 15 is 0 Å². The number of methoxy groups -OCH3 is 2. The summed E-state index contributed by atoms with van der Waals surface area (Å²) in [6, 6.07) is 21.5. The highest BCUT2D eigenvalue weighted by Gasteiger charge is 2.36. The second-order valence-electron chi connectivity index (χ2n) is 10.5. The van der Waals surface area contributed by atoms with Crippen LogP contribution in [0.4, 0.5) is 0 Å². The minimum absolute atomic E-state index is 0.127. The molecule has 4 aromatic rings. The summed E-state index contributed by atoms with van der Waals surface area (Å²) in [5, 5.41) is 6.52. The van der Waals surface area contributed by atoms with Crippen molar-refractivity contribution in [2.24, 2.45) is 5.92 Å². The number of ether oxygens (including phenoxy) is 2. The van der Waals surface area contributed by atoms with Gasteiger partial charge in [0, 0.05) is 30.1 Å². The zero-order chi connectivity index (χ0) is 30.3. The summed E-state index contributed by atoms with van der Waals surface area (Å²) in [5.74, 6) is -1.63. The summed E-state index contributed by atoms with van der Waals surface area (Å²) in [4.78, 5) is 57.7. The van der Waals surface area contributed by atoms with E-state index in [-0.39, 0.29) is 37.9 Å². The average molecular weight is 583 g/mol. The number of aromatic nitrogens is 1. The number of para-hydroxylation sites is 1. The van der Waals surface area contributed by atoms with E-state index in [4.69, 9.17) is 9.47 Å². The summed E-state index contributed by atoms with van der Waals surface area (Å²) in [6.07, 6.45) is 2.23. The predicted octanol–water partition coefficient (Wildman–Crippen LogP) is 2.80. The molecule has 0 bridgehead atoms. The van der Waals surface area contributed by atoms with Crippen molar-refractivity contribution in [2.75, 3.05) is 27.3 Å². The van der Waals surface area contributed by atoms with Gasteiger partial charge in [0.1, 0.15) is 18.5 Å². The second kappa shape index (κ2) is 13.2. The Balaban J connectivity index is 1.34. The SMILES string of the molecule is COc1ccc(CNC(=O)C(Cc2c[nH]c3ccccc23)C(=O)CN2CC(=O)NC(Cc3ccccc3)C2=O)cc1OC. The van der Waals surface area contributed by atoms with Gasteiger partial charge < -0.3 is 30.0 Å². The van der Waals surface area contributed by atoms with Crippen LogP contribution in [0, 0.1) is 5.92 Å². The molecule has 0 saturated carbocycles. The standard InChI is InChI=1S/C33H34N4O6/c1-42-29-13-12-22(15-30(29)43-2)17-35-32(40)25(16-23-18-34-26-11-7-6-10-24(23)26)28(38)19-37-20-31(39)36-27(33(37)41)14-21-8-4-3-5-9-21/h3-13,15,18,25,27,34H,14,16-17,19-20H2,1-2H3,(H,35,40)(H,36,39). The molecule has 1 aliphatic heterocycles. The van der Waals surface area contributed by atoms with Gasteiger partial charge in [0.05, 0.1) is 20.8 Å². The number of ketones is 1. The third kappa shape index (κ3) is 6.86. The van der Waals surface area contributed by atoms with E-state index in [1.54, 1.807) is 31.5 Å². The van der Waals surface area contributed by atoms with Gasteiger partial charge in [-0.25, -0.2) is 0 Å². The Hall–Kier alpha value is -5.12. The van der Waals surface area contributed by atoms with Crippen LogP contribution in [0.3, 0.4) is 0 Å². The molecule has 0 radical (unpaired) electrons. The molecule has 5 rings (SSSR count). The Labute approximate surface area is 249 Å². The fraction of sp³-hybridized carbons (Fsp3) is 0.273. The first-order valence-electron chi connectivity index (χ1n) is 14.0. The molecule has 2 heterocycles. The molecule has 0 spiro atoms. The molecule has 222 valence electrons. The molecule has 10 nitrogen and oxygen atoms in total. The number of hydrogen-bond acceptors (Lipinski definition) is 6. The number of nitrogens with zero attached hydrogens (tertiary/aromatic N) is 1. The van der Waals surface area contributed by atoms with Crippen LogP contribution < -0.4 is 20.1 Å². The Morgan fingerprint density at radius 2 is 1.70 bits per heavy atom. The van der Waals surface area contributed by atoms with E-state index in [2.05, 4.69) is 15.6 Å². The highest BCUT2D eigenvalue weighted by molar-refractivity contribution is 6.05. The summed E-state index contributed by atoms with van der Waals surface area (Å²) >= 11 is 0. The lowest BCUT2D eigenvalue weighted by Gasteiger charge is -2.33. The van der Waals surface area contributed by atoms with Gasteiger partial charge in [0.15, 0.2) is 17.3 Å². The molecule has 1 saturated heterocycles. The van der Waals surface area contributed by atoms with Crippen molar-refractivity contribution in [3.63, 3.8) is 0 Å². The van der Waals surface area contributed by atoms with Gasteiger partial charge in [-0.05, 0) is 41.3 Å². The van der Waals surface area contributed by atoms with Crippen molar-refractivity contribution in [1.29, 1.82) is 0 Å². The van der Waals surface area contributed by atoms with Crippen molar-refractivity contribution in [2.45, 2.75) is 25.4 Å². The molecule has 10 heteroatoms. The number of aromatic amines is 1. The number of hydrogen-bond donors (Lipinski definition) is 3. The van der Waals surface area contributed by atoms with Gasteiger partial charge in [-0.2, -0.15) is 0 Å². The molecule has 1 aromatic heterocycles. The fourth-order valence-corrected chi connectivity index (χ4v) is 5.37. The summed E-state index contributed by atoms with van der Waals surface area (Å²) < 4.78 is 10.7. The van der Waals surface area contributed by atoms with E-state index in [1.807, 2.05) is 54.6 Å². The van der Waals surface area contributed by atoms with Crippen LogP contribution in [0.15, 0.2) is 79.0 Å². The molecule has 43 heavy (non-hydrogen) atoms. The summed E-state index contributed by atoms with van der Waals surface area (Å²) in [7, 11) is 3.07. The van der Waals surface area contributed by atoms with Crippen LogP contribution in [-0.2, 0) is 38.6 Å². The summed E-state index contributed by atoms with van der Waals surface area (Å²) in [6.45, 7) is -0.446. The number of carbonyl (C=O) groups is 4. The van der Waals surface area contributed by atoms with Gasteiger partial charge in [0.2, 0.25) is 17.7 Å². The lowest BCUT2D eigenvalue weighted by Crippen LogP contribution is -2.60. The largest absolute Gasteiger partial charge is 0.493 e. The summed E-state index contributed by atoms with van der Waals surface area (Å²) in [5.41, 5.74) is 3.35. The number of piperazine rings is 1. The molecule has 0 aliphatic carbocycles. The molecule has 1 aliphatic rings. The van der Waals surface area contributed by atoms with Gasteiger partial charge in [-0.3, -0.25) is 19.2 Å². The number of nitrogens with one attached hydrogen (secondary N) is 3. The van der Waals surface area contributed by atoms with E-state index in [0.717, 1.165) is 27.6 Å². The number of Topliss-reactive ketones (excluding diaryl/α,β-unsaturated/α-hetero) is 1. The zero-order valence-corrected chi connectivity index (χ0v) is 24.1. The molecule has 2 unspecified atom stereocenters. The predicted molar refractivity (Wildman–Crippen MR) is 161 cm³/mol. The number of carbonyl (C=O) groups excluding carboxylic acids is 4. The van der Waals surface area contributed by atoms with Crippen molar-refractivity contribution in [3.05, 3.63) is 95.7 Å². The maximum atomic E-state index is 13.8. The number of rotatable bonds is 12. The van der Waals surface area contributed by atoms with Gasteiger partial charge in [-0.15, -0.1) is 0 Å². The van der Waals surface area contributed by atoms with Crippen molar-refractivity contribution in [3.8, 4) is 11.5 Å². The smallest absolute Gasteiger partial charge is 0.246 e. The molecular formula is C33H34N4O6. The van der Waals surface area contributed by atoms with E-state index < -0.39 is 23.7 Å². The van der Waals surface area contributed by atoms with Crippen LogP contribution in [0.25, 0.3) is 10.9 Å². The molecule has 3 aromatic carbocycles. The van der Waals surface area contributed by atoms with Crippen LogP contribution in [-0.4, -0.2) is 66.7 Å². The lowest BCUT2D eigenvalue weighted by atomic mass is 9.93. The minimum atomic E-state index is -1.09. The Morgan fingerprint density at radius 3 is 2.47 bits per heavy atom. The lowest BCUT2D eigenvalue weighted by molar-refractivity contribution is -0.147. The third-order valence-electron chi connectivity index (χ3n) is 7.63. The van der Waals surface area contributed by atoms with Crippen LogP contribution >= 0.6 is 0 Å². The number of fused-ring (bicyclic) bond motifs is 1. The van der Waals surface area contributed by atoms with Crippen molar-refractivity contribution >= 4 is 34.4 Å². The fourth-order valence-electron chi connectivity index (χ4n) is 5.37. The maximum Gasteiger partial charge on any atom is 0.246 e. The van der Waals surface area contributed by atoms with Crippen LogP contribution in [0.5, 0.6) is 11.5 Å². The molecule has 2 atom stereocenters. The molecular weight excluding hydrogens is 548 g/mol. The van der Waals surface area contributed by atoms with Crippen molar-refractivity contribution < 1.29 is 28.7 Å². The third-order valence-corrected chi connectivity index (χ3v) is 7.63. The minimum Gasteiger partial charge on any atom is -0.493 e. The molecule has 3 amide bonds. The van der Waals surface area contributed by atoms with Crippen molar-refractivity contribution in [1.82, 2.24) is 20.5 Å². The monoisotopic (exact) mass is 582 g/mol. The first-order chi connectivity index (χ1) is 20.9. The number of H-pyrrole nitrogens is 1. The van der Waals surface area contributed by atoms with Gasteiger partial charge in [-0.1, -0.05) is 54.6 Å². The molecule has 1 fully saturated rings. The Kier molecular flexibility index (Phi) is 9.05. The van der Waals surface area contributed by atoms with E-state index in [9.17, 15) is 19.2 Å². The Bertz CT molecular complexity index is 1630.